The number of H-pyrrole nitrogens is 1. The summed E-state index contributed by atoms with van der Waals surface area (Å²) in [6.07, 6.45) is 2.50. The van der Waals surface area contributed by atoms with E-state index in [1.165, 1.54) is 0 Å². The average Bonchev–Trinajstić information content (AvgIpc) is 2.72. The molecule has 2 unspecified atom stereocenters. The van der Waals surface area contributed by atoms with Gasteiger partial charge in [0.05, 0.1) is 5.69 Å². The van der Waals surface area contributed by atoms with Gasteiger partial charge in [0.15, 0.2) is 0 Å². The van der Waals surface area contributed by atoms with Crippen molar-refractivity contribution >= 4 is 5.78 Å². The third kappa shape index (κ3) is 1.52. The lowest BCUT2D eigenvalue weighted by Crippen LogP contribution is -2.25. The molecule has 0 aliphatic carbocycles. The zero-order valence-corrected chi connectivity index (χ0v) is 7.62. The molecular weight excluding hydrogens is 166 g/mol. The van der Waals surface area contributed by atoms with Gasteiger partial charge in [0, 0.05) is 12.8 Å². The third-order valence-electron chi connectivity index (χ3n) is 2.51. The Labute approximate surface area is 77.1 Å². The topological polar surface area (TPSA) is 42.1 Å². The minimum atomic E-state index is -0.237. The maximum Gasteiger partial charge on any atom is 0.207 e. The summed E-state index contributed by atoms with van der Waals surface area (Å²) in [6.45, 7) is 2.76. The molecule has 0 spiro atoms. The summed E-state index contributed by atoms with van der Waals surface area (Å²) < 4.78 is 5.38. The quantitative estimate of drug-likeness (QED) is 0.701. The van der Waals surface area contributed by atoms with Gasteiger partial charge in [-0.1, -0.05) is 6.92 Å². The van der Waals surface area contributed by atoms with Crippen molar-refractivity contribution in [3.05, 3.63) is 24.0 Å². The smallest absolute Gasteiger partial charge is 0.207 e. The van der Waals surface area contributed by atoms with Crippen LogP contribution in [0.15, 0.2) is 18.3 Å². The maximum atomic E-state index is 11.8. The normalized spacial score (nSPS) is 27.8. The third-order valence-corrected chi connectivity index (χ3v) is 2.51. The van der Waals surface area contributed by atoms with Crippen LogP contribution in [0.3, 0.4) is 0 Å². The molecule has 3 nitrogen and oxygen atoms in total. The van der Waals surface area contributed by atoms with E-state index in [0.29, 0.717) is 18.2 Å². The van der Waals surface area contributed by atoms with E-state index in [1.54, 1.807) is 12.3 Å². The number of hydrogen-bond acceptors (Lipinski definition) is 2. The molecule has 2 atom stereocenters. The number of nitrogens with one attached hydrogen (secondary N) is 1. The molecule has 0 radical (unpaired) electrons. The summed E-state index contributed by atoms with van der Waals surface area (Å²) in [5.41, 5.74) is 0.652. The monoisotopic (exact) mass is 179 g/mol. The summed E-state index contributed by atoms with van der Waals surface area (Å²) in [4.78, 5) is 14.7. The predicted octanol–water partition coefficient (Wildman–Crippen LogP) is 1.62. The van der Waals surface area contributed by atoms with Crippen molar-refractivity contribution in [1.82, 2.24) is 4.98 Å². The van der Waals surface area contributed by atoms with E-state index in [-0.39, 0.29) is 11.9 Å². The zero-order chi connectivity index (χ0) is 9.26. The SMILES string of the molecule is CC1CCOC1C(=O)c1ccc[nH]1. The molecule has 13 heavy (non-hydrogen) atoms. The fraction of sp³-hybridized carbons (Fsp3) is 0.500. The highest BCUT2D eigenvalue weighted by Crippen LogP contribution is 2.22. The van der Waals surface area contributed by atoms with Gasteiger partial charge in [-0.3, -0.25) is 4.79 Å². The molecule has 2 rings (SSSR count). The van der Waals surface area contributed by atoms with Crippen molar-refractivity contribution in [3.63, 3.8) is 0 Å². The van der Waals surface area contributed by atoms with Crippen molar-refractivity contribution in [2.45, 2.75) is 19.4 Å². The maximum absolute atomic E-state index is 11.8. The number of Topliss-reactive ketones (excluding diaryl/α,β-unsaturated/α-hetero) is 1. The van der Waals surface area contributed by atoms with Gasteiger partial charge in [0.2, 0.25) is 5.78 Å². The number of hydrogen-bond donors (Lipinski definition) is 1. The van der Waals surface area contributed by atoms with Crippen LogP contribution < -0.4 is 0 Å². The van der Waals surface area contributed by atoms with Crippen LogP contribution in [0, 0.1) is 5.92 Å². The van der Waals surface area contributed by atoms with Crippen LogP contribution in [-0.4, -0.2) is 23.5 Å². The molecular formula is C10H13NO2. The molecule has 1 aliphatic rings. The summed E-state index contributed by atoms with van der Waals surface area (Å²) >= 11 is 0. The van der Waals surface area contributed by atoms with Crippen molar-refractivity contribution < 1.29 is 9.53 Å². The minimum Gasteiger partial charge on any atom is -0.370 e. The van der Waals surface area contributed by atoms with Crippen LogP contribution in [0.25, 0.3) is 0 Å². The molecule has 1 aliphatic heterocycles. The first kappa shape index (κ1) is 8.51. The molecule has 1 fully saturated rings. The second-order valence-corrected chi connectivity index (χ2v) is 3.51. The molecule has 3 heteroatoms. The standard InChI is InChI=1S/C10H13NO2/c1-7-4-6-13-10(7)9(12)8-3-2-5-11-8/h2-3,5,7,10-11H,4,6H2,1H3. The lowest BCUT2D eigenvalue weighted by molar-refractivity contribution is 0.0575. The first-order chi connectivity index (χ1) is 6.29. The van der Waals surface area contributed by atoms with Gasteiger partial charge in [-0.05, 0) is 24.5 Å². The van der Waals surface area contributed by atoms with Gasteiger partial charge < -0.3 is 9.72 Å². The number of aromatic nitrogens is 1. The van der Waals surface area contributed by atoms with Gasteiger partial charge in [0.1, 0.15) is 6.10 Å². The van der Waals surface area contributed by atoms with E-state index in [0.717, 1.165) is 6.42 Å². The van der Waals surface area contributed by atoms with Gasteiger partial charge in [-0.25, -0.2) is 0 Å². The van der Waals surface area contributed by atoms with Crippen molar-refractivity contribution in [2.75, 3.05) is 6.61 Å². The lowest BCUT2D eigenvalue weighted by Gasteiger charge is -2.11. The Bertz CT molecular complexity index is 292. The number of carbonyl (C=O) groups excluding carboxylic acids is 1. The predicted molar refractivity (Wildman–Crippen MR) is 48.6 cm³/mol. The van der Waals surface area contributed by atoms with Crippen LogP contribution >= 0.6 is 0 Å². The summed E-state index contributed by atoms with van der Waals surface area (Å²) in [5, 5.41) is 0. The van der Waals surface area contributed by atoms with Crippen LogP contribution in [0.2, 0.25) is 0 Å². The number of rotatable bonds is 2. The lowest BCUT2D eigenvalue weighted by atomic mass is 9.99. The number of aromatic amines is 1. The fourth-order valence-electron chi connectivity index (χ4n) is 1.67. The first-order valence-corrected chi connectivity index (χ1v) is 4.58. The second kappa shape index (κ2) is 3.34. The highest BCUT2D eigenvalue weighted by molar-refractivity contribution is 5.98. The molecule has 0 bridgehead atoms. The average molecular weight is 179 g/mol. The number of ether oxygens (including phenoxy) is 1. The minimum absolute atomic E-state index is 0.0787. The van der Waals surface area contributed by atoms with E-state index in [1.807, 2.05) is 6.07 Å². The largest absolute Gasteiger partial charge is 0.370 e. The molecule has 1 saturated heterocycles. The molecule has 1 aromatic heterocycles. The molecule has 1 aromatic rings. The number of ketones is 1. The highest BCUT2D eigenvalue weighted by atomic mass is 16.5. The summed E-state index contributed by atoms with van der Waals surface area (Å²) in [5.74, 6) is 0.422. The van der Waals surface area contributed by atoms with Gasteiger partial charge >= 0.3 is 0 Å². The van der Waals surface area contributed by atoms with Crippen molar-refractivity contribution in [1.29, 1.82) is 0 Å². The van der Waals surface area contributed by atoms with E-state index < -0.39 is 0 Å². The zero-order valence-electron chi connectivity index (χ0n) is 7.62. The highest BCUT2D eigenvalue weighted by Gasteiger charge is 2.31. The Kier molecular flexibility index (Phi) is 2.19. The van der Waals surface area contributed by atoms with Crippen LogP contribution in [-0.2, 0) is 4.74 Å². The molecule has 0 aromatic carbocycles. The van der Waals surface area contributed by atoms with Crippen LogP contribution in [0.1, 0.15) is 23.8 Å². The van der Waals surface area contributed by atoms with Crippen molar-refractivity contribution in [3.8, 4) is 0 Å². The van der Waals surface area contributed by atoms with Crippen LogP contribution in [0.5, 0.6) is 0 Å². The fourth-order valence-corrected chi connectivity index (χ4v) is 1.67. The van der Waals surface area contributed by atoms with Gasteiger partial charge in [-0.2, -0.15) is 0 Å². The van der Waals surface area contributed by atoms with E-state index >= 15 is 0 Å². The second-order valence-electron chi connectivity index (χ2n) is 3.51. The molecule has 1 N–H and O–H groups in total. The van der Waals surface area contributed by atoms with E-state index in [4.69, 9.17) is 4.74 Å². The van der Waals surface area contributed by atoms with Crippen LogP contribution in [0.4, 0.5) is 0 Å². The Balaban J connectivity index is 2.13. The summed E-state index contributed by atoms with van der Waals surface area (Å²) in [6, 6.07) is 3.61. The Morgan fingerprint density at radius 1 is 1.69 bits per heavy atom. The molecule has 70 valence electrons. The Hall–Kier alpha value is -1.09. The summed E-state index contributed by atoms with van der Waals surface area (Å²) in [7, 11) is 0. The Morgan fingerprint density at radius 3 is 3.08 bits per heavy atom. The van der Waals surface area contributed by atoms with E-state index in [2.05, 4.69) is 11.9 Å². The molecule has 0 amide bonds. The molecule has 0 saturated carbocycles. The van der Waals surface area contributed by atoms with Gasteiger partial charge in [0.25, 0.3) is 0 Å². The van der Waals surface area contributed by atoms with E-state index in [9.17, 15) is 4.79 Å². The Morgan fingerprint density at radius 2 is 2.54 bits per heavy atom. The van der Waals surface area contributed by atoms with Crippen molar-refractivity contribution in [2.24, 2.45) is 5.92 Å². The molecule has 2 heterocycles. The van der Waals surface area contributed by atoms with Gasteiger partial charge in [-0.15, -0.1) is 0 Å². The number of carbonyl (C=O) groups is 1. The first-order valence-electron chi connectivity index (χ1n) is 4.58.